The molecule has 180 valence electrons. The number of benzene rings is 1. The van der Waals surface area contributed by atoms with Gasteiger partial charge in [0.05, 0.1) is 6.10 Å². The second-order valence-electron chi connectivity index (χ2n) is 8.68. The Kier molecular flexibility index (Phi) is 11.0. The lowest BCUT2D eigenvalue weighted by atomic mass is 10.0. The molecular weight excluding hydrogens is 524 g/mol. The van der Waals surface area contributed by atoms with Gasteiger partial charge in [0, 0.05) is 52.1 Å². The van der Waals surface area contributed by atoms with E-state index in [2.05, 4.69) is 20.5 Å². The Morgan fingerprint density at radius 1 is 1.28 bits per heavy atom. The lowest BCUT2D eigenvalue weighted by Gasteiger charge is -2.36. The van der Waals surface area contributed by atoms with Crippen LogP contribution < -0.4 is 15.5 Å². The van der Waals surface area contributed by atoms with Gasteiger partial charge in [0.1, 0.15) is 12.4 Å². The molecule has 2 aliphatic heterocycles. The Balaban J connectivity index is 0.00000363. The van der Waals surface area contributed by atoms with Crippen molar-refractivity contribution in [1.29, 1.82) is 0 Å². The minimum Gasteiger partial charge on any atom is -0.376 e. The number of hydrogen-bond acceptors (Lipinski definition) is 4. The summed E-state index contributed by atoms with van der Waals surface area (Å²) in [5, 5.41) is 6.90. The number of carbonyl (C=O) groups excluding carboxylic acids is 1. The van der Waals surface area contributed by atoms with Gasteiger partial charge in [-0.25, -0.2) is 9.38 Å². The Morgan fingerprint density at radius 2 is 2.09 bits per heavy atom. The van der Waals surface area contributed by atoms with Crippen molar-refractivity contribution in [2.75, 3.05) is 51.8 Å². The summed E-state index contributed by atoms with van der Waals surface area (Å²) in [7, 11) is 3.47. The number of aryl methyl sites for hydroxylation is 1. The molecule has 2 heterocycles. The average molecular weight is 561 g/mol. The van der Waals surface area contributed by atoms with E-state index in [0.717, 1.165) is 56.6 Å². The van der Waals surface area contributed by atoms with E-state index < -0.39 is 0 Å². The standard InChI is InChI=1S/C23H36FN5O2.HI/c1-17-13-18(24)9-10-21(17)29-11-6-7-19(16-29)27-23(26-15-22(30)28(2)3)25-14-20-8-4-5-12-31-20;/h9-10,13,19-20H,4-8,11-12,14-16H2,1-3H3,(H2,25,26,27);1H. The van der Waals surface area contributed by atoms with Gasteiger partial charge in [-0.2, -0.15) is 0 Å². The van der Waals surface area contributed by atoms with Gasteiger partial charge in [-0.05, 0) is 62.8 Å². The summed E-state index contributed by atoms with van der Waals surface area (Å²) in [6.07, 6.45) is 5.56. The van der Waals surface area contributed by atoms with E-state index >= 15 is 0 Å². The van der Waals surface area contributed by atoms with Gasteiger partial charge in [0.25, 0.3) is 0 Å². The van der Waals surface area contributed by atoms with Gasteiger partial charge in [0.2, 0.25) is 5.91 Å². The minimum absolute atomic E-state index is 0. The number of likely N-dealkylation sites (N-methyl/N-ethyl adjacent to an activating group) is 1. The highest BCUT2D eigenvalue weighted by atomic mass is 127. The van der Waals surface area contributed by atoms with Crippen molar-refractivity contribution in [2.24, 2.45) is 4.99 Å². The summed E-state index contributed by atoms with van der Waals surface area (Å²) in [5.74, 6) is 0.399. The number of guanidine groups is 1. The predicted octanol–water partition coefficient (Wildman–Crippen LogP) is 2.91. The Hall–Kier alpha value is -1.62. The lowest BCUT2D eigenvalue weighted by molar-refractivity contribution is -0.127. The first kappa shape index (κ1) is 26.6. The minimum atomic E-state index is -0.206. The fraction of sp³-hybridized carbons (Fsp3) is 0.652. The van der Waals surface area contributed by atoms with E-state index in [1.54, 1.807) is 25.1 Å². The molecule has 0 spiro atoms. The van der Waals surface area contributed by atoms with Gasteiger partial charge >= 0.3 is 0 Å². The second-order valence-corrected chi connectivity index (χ2v) is 8.68. The van der Waals surface area contributed by atoms with Gasteiger partial charge in [-0.15, -0.1) is 24.0 Å². The monoisotopic (exact) mass is 561 g/mol. The molecule has 0 saturated carbocycles. The number of nitrogens with zero attached hydrogens (tertiary/aromatic N) is 3. The molecule has 2 fully saturated rings. The third-order valence-corrected chi connectivity index (χ3v) is 5.90. The number of anilines is 1. The van der Waals surface area contributed by atoms with E-state index in [9.17, 15) is 9.18 Å². The lowest BCUT2D eigenvalue weighted by Crippen LogP contribution is -2.52. The molecule has 0 aliphatic carbocycles. The fourth-order valence-electron chi connectivity index (χ4n) is 4.10. The van der Waals surface area contributed by atoms with Crippen LogP contribution in [0, 0.1) is 12.7 Å². The van der Waals surface area contributed by atoms with Gasteiger partial charge in [-0.1, -0.05) is 0 Å². The van der Waals surface area contributed by atoms with E-state index in [1.165, 1.54) is 12.5 Å². The molecule has 32 heavy (non-hydrogen) atoms. The fourth-order valence-corrected chi connectivity index (χ4v) is 4.10. The number of carbonyl (C=O) groups is 1. The maximum Gasteiger partial charge on any atom is 0.243 e. The summed E-state index contributed by atoms with van der Waals surface area (Å²) in [5.41, 5.74) is 2.01. The van der Waals surface area contributed by atoms with Crippen LogP contribution in [0.15, 0.2) is 23.2 Å². The molecule has 2 unspecified atom stereocenters. The molecule has 2 atom stereocenters. The van der Waals surface area contributed by atoms with Crippen molar-refractivity contribution in [3.05, 3.63) is 29.6 Å². The molecule has 2 saturated heterocycles. The molecule has 1 aromatic carbocycles. The van der Waals surface area contributed by atoms with Crippen molar-refractivity contribution in [3.63, 3.8) is 0 Å². The maximum absolute atomic E-state index is 13.5. The van der Waals surface area contributed by atoms with Crippen LogP contribution in [-0.4, -0.2) is 75.8 Å². The number of piperidine rings is 1. The van der Waals surface area contributed by atoms with Crippen LogP contribution in [0.25, 0.3) is 0 Å². The first-order chi connectivity index (χ1) is 14.9. The zero-order valence-electron chi connectivity index (χ0n) is 19.4. The Labute approximate surface area is 208 Å². The van der Waals surface area contributed by atoms with Crippen molar-refractivity contribution in [2.45, 2.75) is 51.2 Å². The highest BCUT2D eigenvalue weighted by Gasteiger charge is 2.23. The van der Waals surface area contributed by atoms with Crippen molar-refractivity contribution in [1.82, 2.24) is 15.5 Å². The molecule has 1 aromatic rings. The van der Waals surface area contributed by atoms with Crippen LogP contribution in [-0.2, 0) is 9.53 Å². The third-order valence-electron chi connectivity index (χ3n) is 5.90. The third kappa shape index (κ3) is 8.06. The van der Waals surface area contributed by atoms with Gasteiger partial charge < -0.3 is 25.2 Å². The Bertz CT molecular complexity index is 771. The van der Waals surface area contributed by atoms with Crippen LogP contribution >= 0.6 is 24.0 Å². The van der Waals surface area contributed by atoms with Gasteiger partial charge in [0.15, 0.2) is 5.96 Å². The van der Waals surface area contributed by atoms with Crippen molar-refractivity contribution >= 4 is 41.5 Å². The number of nitrogens with one attached hydrogen (secondary N) is 2. The second kappa shape index (κ2) is 13.2. The number of hydrogen-bond donors (Lipinski definition) is 2. The molecule has 0 radical (unpaired) electrons. The van der Waals surface area contributed by atoms with Gasteiger partial charge in [-0.3, -0.25) is 4.79 Å². The molecule has 2 N–H and O–H groups in total. The smallest absolute Gasteiger partial charge is 0.243 e. The summed E-state index contributed by atoms with van der Waals surface area (Å²) >= 11 is 0. The topological polar surface area (TPSA) is 69.2 Å². The number of ether oxygens (including phenoxy) is 1. The molecule has 1 amide bonds. The molecule has 0 bridgehead atoms. The van der Waals surface area contributed by atoms with Crippen LogP contribution in [0.5, 0.6) is 0 Å². The van der Waals surface area contributed by atoms with Crippen molar-refractivity contribution < 1.29 is 13.9 Å². The number of halogens is 2. The highest BCUT2D eigenvalue weighted by Crippen LogP contribution is 2.24. The van der Waals surface area contributed by atoms with E-state index in [1.807, 2.05) is 13.0 Å². The highest BCUT2D eigenvalue weighted by molar-refractivity contribution is 14.0. The SMILES string of the molecule is Cc1cc(F)ccc1N1CCCC(NC(=NCC(=O)N(C)C)NCC2CCCCO2)C1.I. The first-order valence-electron chi connectivity index (χ1n) is 11.3. The molecule has 9 heteroatoms. The summed E-state index contributed by atoms with van der Waals surface area (Å²) in [4.78, 5) is 20.4. The van der Waals surface area contributed by atoms with E-state index in [4.69, 9.17) is 4.74 Å². The molecule has 0 aromatic heterocycles. The van der Waals surface area contributed by atoms with Crippen LogP contribution in [0.2, 0.25) is 0 Å². The Morgan fingerprint density at radius 3 is 2.78 bits per heavy atom. The number of aliphatic imine (C=N–C) groups is 1. The largest absolute Gasteiger partial charge is 0.376 e. The van der Waals surface area contributed by atoms with Crippen LogP contribution in [0.4, 0.5) is 10.1 Å². The van der Waals surface area contributed by atoms with Crippen LogP contribution in [0.3, 0.4) is 0 Å². The average Bonchev–Trinajstić information content (AvgIpc) is 2.76. The van der Waals surface area contributed by atoms with E-state index in [0.29, 0.717) is 12.5 Å². The quantitative estimate of drug-likeness (QED) is 0.318. The molecule has 7 nitrogen and oxygen atoms in total. The zero-order valence-corrected chi connectivity index (χ0v) is 21.7. The predicted molar refractivity (Wildman–Crippen MR) is 138 cm³/mol. The molecular formula is C23H37FIN5O2. The summed E-state index contributed by atoms with van der Waals surface area (Å²) in [6.45, 7) is 5.27. The maximum atomic E-state index is 13.5. The number of rotatable bonds is 6. The first-order valence-corrected chi connectivity index (χ1v) is 11.3. The van der Waals surface area contributed by atoms with Crippen molar-refractivity contribution in [3.8, 4) is 0 Å². The van der Waals surface area contributed by atoms with Crippen LogP contribution in [0.1, 0.15) is 37.7 Å². The molecule has 2 aliphatic rings. The summed E-state index contributed by atoms with van der Waals surface area (Å²) in [6, 6.07) is 5.14. The zero-order chi connectivity index (χ0) is 22.2. The summed E-state index contributed by atoms with van der Waals surface area (Å²) < 4.78 is 19.3. The molecule has 3 rings (SSSR count). The number of amides is 1. The normalized spacial score (nSPS) is 21.5. The van der Waals surface area contributed by atoms with E-state index in [-0.39, 0.29) is 54.4 Å².